The Bertz CT molecular complexity index is 1140. The van der Waals surface area contributed by atoms with E-state index < -0.39 is 11.0 Å². The number of likely N-dealkylation sites (tertiary alicyclic amines) is 1. The molecule has 1 fully saturated rings. The molecule has 2 aliphatic rings. The number of hydrogen-bond acceptors (Lipinski definition) is 4. The molecular formula is C23H21ClF2N4O2. The number of aromatic nitrogens is 2. The number of anilines is 2. The minimum atomic E-state index is -3.80. The molecule has 166 valence electrons. The SMILES string of the molecule is CN1CCC2(CC1)C(=O)N(c1ccc(OC(F)(F)Cl)cc1)c1cccc(-c3ccn[nH]3)c12. The lowest BCUT2D eigenvalue weighted by Gasteiger charge is -2.37. The quantitative estimate of drug-likeness (QED) is 0.566. The lowest BCUT2D eigenvalue weighted by molar-refractivity contribution is -0.124. The van der Waals surface area contributed by atoms with E-state index in [2.05, 4.69) is 26.9 Å². The highest BCUT2D eigenvalue weighted by Crippen LogP contribution is 2.53. The van der Waals surface area contributed by atoms with Gasteiger partial charge in [0.1, 0.15) is 5.75 Å². The lowest BCUT2D eigenvalue weighted by atomic mass is 9.71. The van der Waals surface area contributed by atoms with Gasteiger partial charge >= 0.3 is 5.57 Å². The zero-order valence-electron chi connectivity index (χ0n) is 17.3. The second-order valence-electron chi connectivity index (χ2n) is 8.24. The van der Waals surface area contributed by atoms with Crippen molar-refractivity contribution in [2.75, 3.05) is 25.0 Å². The standard InChI is InChI=1S/C23H21ClF2N4O2/c1-29-13-10-22(11-14-29)20-17(18-9-12-27-28-18)3-2-4-19(20)30(21(22)31)15-5-7-16(8-6-15)32-23(24,25)26/h2-9,12H,10-11,13-14H2,1H3,(H,27,28). The third-order valence-corrected chi connectivity index (χ3v) is 6.41. The predicted octanol–water partition coefficient (Wildman–Crippen LogP) is 4.89. The highest BCUT2D eigenvalue weighted by Gasteiger charge is 2.53. The third-order valence-electron chi connectivity index (χ3n) is 6.33. The first-order chi connectivity index (χ1) is 15.3. The van der Waals surface area contributed by atoms with Gasteiger partial charge in [0, 0.05) is 34.6 Å². The first kappa shape index (κ1) is 20.9. The molecule has 1 aromatic heterocycles. The van der Waals surface area contributed by atoms with Gasteiger partial charge in [-0.05, 0) is 69.4 Å². The number of nitrogens with one attached hydrogen (secondary N) is 1. The number of nitrogens with zero attached hydrogens (tertiary/aromatic N) is 3. The number of ether oxygens (including phenoxy) is 1. The topological polar surface area (TPSA) is 61.5 Å². The van der Waals surface area contributed by atoms with Gasteiger partial charge in [0.2, 0.25) is 5.91 Å². The second kappa shape index (κ2) is 7.56. The Labute approximate surface area is 188 Å². The molecule has 3 heterocycles. The van der Waals surface area contributed by atoms with E-state index in [1.165, 1.54) is 12.1 Å². The molecule has 5 rings (SSSR count). The number of carbonyl (C=O) groups is 1. The summed E-state index contributed by atoms with van der Waals surface area (Å²) in [5.74, 6) is -0.0928. The van der Waals surface area contributed by atoms with Crippen LogP contribution in [0.25, 0.3) is 11.3 Å². The normalized spacial score (nSPS) is 18.2. The highest BCUT2D eigenvalue weighted by molar-refractivity contribution is 6.20. The van der Waals surface area contributed by atoms with Gasteiger partial charge < -0.3 is 9.64 Å². The van der Waals surface area contributed by atoms with Gasteiger partial charge in [-0.15, -0.1) is 8.78 Å². The maximum Gasteiger partial charge on any atom is 0.487 e. The van der Waals surface area contributed by atoms with Crippen molar-refractivity contribution in [1.29, 1.82) is 0 Å². The Morgan fingerprint density at radius 3 is 2.47 bits per heavy atom. The molecule has 6 nitrogen and oxygen atoms in total. The van der Waals surface area contributed by atoms with E-state index in [9.17, 15) is 13.6 Å². The van der Waals surface area contributed by atoms with E-state index in [1.807, 2.05) is 24.3 Å². The van der Waals surface area contributed by atoms with E-state index >= 15 is 0 Å². The molecule has 2 aliphatic heterocycles. The van der Waals surface area contributed by atoms with E-state index in [0.717, 1.165) is 35.6 Å². The number of piperidine rings is 1. The number of halogens is 3. The largest absolute Gasteiger partial charge is 0.487 e. The molecule has 0 radical (unpaired) electrons. The van der Waals surface area contributed by atoms with E-state index in [-0.39, 0.29) is 11.7 Å². The Morgan fingerprint density at radius 1 is 1.12 bits per heavy atom. The number of hydrogen-bond donors (Lipinski definition) is 1. The maximum atomic E-state index is 14.0. The summed E-state index contributed by atoms with van der Waals surface area (Å²) in [5.41, 5.74) is -0.307. The Kier molecular flexibility index (Phi) is 4.94. The molecule has 0 saturated carbocycles. The monoisotopic (exact) mass is 458 g/mol. The van der Waals surface area contributed by atoms with Crippen molar-refractivity contribution in [3.63, 3.8) is 0 Å². The molecule has 1 N–H and O–H groups in total. The summed E-state index contributed by atoms with van der Waals surface area (Å²) >= 11 is 4.87. The fourth-order valence-corrected chi connectivity index (χ4v) is 4.90. The number of benzene rings is 2. The third kappa shape index (κ3) is 3.43. The van der Waals surface area contributed by atoms with Crippen molar-refractivity contribution in [3.05, 3.63) is 60.3 Å². The Hall–Kier alpha value is -2.97. The summed E-state index contributed by atoms with van der Waals surface area (Å²) in [6.07, 6.45) is 3.07. The van der Waals surface area contributed by atoms with Gasteiger partial charge in [-0.25, -0.2) is 0 Å². The van der Waals surface area contributed by atoms with Gasteiger partial charge in [0.25, 0.3) is 0 Å². The lowest BCUT2D eigenvalue weighted by Crippen LogP contribution is -2.47. The van der Waals surface area contributed by atoms with Crippen molar-refractivity contribution >= 4 is 28.9 Å². The van der Waals surface area contributed by atoms with Gasteiger partial charge in [-0.3, -0.25) is 14.8 Å². The molecule has 1 amide bonds. The van der Waals surface area contributed by atoms with Crippen molar-refractivity contribution in [1.82, 2.24) is 15.1 Å². The Morgan fingerprint density at radius 2 is 1.84 bits per heavy atom. The summed E-state index contributed by atoms with van der Waals surface area (Å²) in [7, 11) is 2.05. The van der Waals surface area contributed by atoms with Crippen LogP contribution in [0.2, 0.25) is 0 Å². The van der Waals surface area contributed by atoms with E-state index in [0.29, 0.717) is 18.5 Å². The van der Waals surface area contributed by atoms with Crippen molar-refractivity contribution in [2.45, 2.75) is 23.8 Å². The van der Waals surface area contributed by atoms with Crippen LogP contribution in [0.1, 0.15) is 18.4 Å². The van der Waals surface area contributed by atoms with Crippen LogP contribution >= 0.6 is 11.6 Å². The molecule has 2 aromatic carbocycles. The van der Waals surface area contributed by atoms with Crippen LogP contribution in [0.5, 0.6) is 5.75 Å². The number of alkyl halides is 3. The Balaban J connectivity index is 1.62. The number of H-pyrrole nitrogens is 1. The van der Waals surface area contributed by atoms with Crippen LogP contribution in [0.15, 0.2) is 54.7 Å². The average molecular weight is 459 g/mol. The van der Waals surface area contributed by atoms with Crippen LogP contribution in [0, 0.1) is 0 Å². The number of rotatable bonds is 4. The van der Waals surface area contributed by atoms with E-state index in [1.54, 1.807) is 23.2 Å². The zero-order chi connectivity index (χ0) is 22.5. The molecule has 0 unspecified atom stereocenters. The number of amides is 1. The molecule has 9 heteroatoms. The summed E-state index contributed by atoms with van der Waals surface area (Å²) in [6, 6.07) is 13.7. The fourth-order valence-electron chi connectivity index (χ4n) is 4.81. The molecular weight excluding hydrogens is 438 g/mol. The van der Waals surface area contributed by atoms with Gasteiger partial charge in [-0.1, -0.05) is 12.1 Å². The maximum absolute atomic E-state index is 14.0. The van der Waals surface area contributed by atoms with Crippen LogP contribution in [-0.2, 0) is 10.2 Å². The smallest absolute Gasteiger partial charge is 0.420 e. The number of aromatic amines is 1. The van der Waals surface area contributed by atoms with Crippen molar-refractivity contribution < 1.29 is 18.3 Å². The summed E-state index contributed by atoms with van der Waals surface area (Å²) < 4.78 is 30.4. The fraction of sp³-hybridized carbons (Fsp3) is 0.304. The number of carbonyl (C=O) groups excluding carboxylic acids is 1. The van der Waals surface area contributed by atoms with Crippen molar-refractivity contribution in [2.24, 2.45) is 0 Å². The zero-order valence-corrected chi connectivity index (χ0v) is 18.1. The molecule has 3 aromatic rings. The summed E-state index contributed by atoms with van der Waals surface area (Å²) in [4.78, 5) is 17.9. The van der Waals surface area contributed by atoms with Gasteiger partial charge in [0.15, 0.2) is 0 Å². The molecule has 0 atom stereocenters. The highest BCUT2D eigenvalue weighted by atomic mass is 35.5. The van der Waals surface area contributed by atoms with Gasteiger partial charge in [0.05, 0.1) is 16.8 Å². The van der Waals surface area contributed by atoms with Gasteiger partial charge in [-0.2, -0.15) is 5.10 Å². The molecule has 1 saturated heterocycles. The number of fused-ring (bicyclic) bond motifs is 2. The van der Waals surface area contributed by atoms with Crippen LogP contribution in [0.4, 0.5) is 20.2 Å². The van der Waals surface area contributed by atoms with Crippen LogP contribution in [0.3, 0.4) is 0 Å². The first-order valence-electron chi connectivity index (χ1n) is 10.3. The summed E-state index contributed by atoms with van der Waals surface area (Å²) in [5, 5.41) is 7.11. The molecule has 1 spiro atoms. The minimum Gasteiger partial charge on any atom is -0.420 e. The summed E-state index contributed by atoms with van der Waals surface area (Å²) in [6.45, 7) is 1.60. The minimum absolute atomic E-state index is 0.0103. The van der Waals surface area contributed by atoms with Crippen LogP contribution < -0.4 is 9.64 Å². The van der Waals surface area contributed by atoms with Crippen LogP contribution in [-0.4, -0.2) is 46.7 Å². The average Bonchev–Trinajstić information content (AvgIpc) is 3.36. The van der Waals surface area contributed by atoms with E-state index in [4.69, 9.17) is 11.6 Å². The van der Waals surface area contributed by atoms with Crippen molar-refractivity contribution in [3.8, 4) is 17.0 Å². The molecule has 0 bridgehead atoms. The predicted molar refractivity (Wildman–Crippen MR) is 117 cm³/mol. The molecule has 0 aliphatic carbocycles. The molecule has 32 heavy (non-hydrogen) atoms. The second-order valence-corrected chi connectivity index (χ2v) is 8.68. The first-order valence-corrected chi connectivity index (χ1v) is 10.7.